The van der Waals surface area contributed by atoms with E-state index in [4.69, 9.17) is 20.0 Å². The number of nitriles is 1. The van der Waals surface area contributed by atoms with Crippen molar-refractivity contribution in [3.63, 3.8) is 0 Å². The molecule has 4 aromatic rings. The summed E-state index contributed by atoms with van der Waals surface area (Å²) in [7, 11) is 1.99. The van der Waals surface area contributed by atoms with E-state index in [9.17, 15) is 0 Å². The molecule has 0 aliphatic carbocycles. The third kappa shape index (κ3) is 3.91. The largest absolute Gasteiger partial charge is 0.492 e. The molecular weight excluding hydrogens is 384 g/mol. The summed E-state index contributed by atoms with van der Waals surface area (Å²) in [4.78, 5) is 11.6. The maximum absolute atomic E-state index is 8.88. The molecule has 0 saturated heterocycles. The molecule has 29 heavy (non-hydrogen) atoms. The van der Waals surface area contributed by atoms with Crippen LogP contribution in [0, 0.1) is 11.3 Å². The van der Waals surface area contributed by atoms with Gasteiger partial charge in [-0.25, -0.2) is 14.6 Å². The van der Waals surface area contributed by atoms with Crippen molar-refractivity contribution >= 4 is 28.2 Å². The van der Waals surface area contributed by atoms with Crippen LogP contribution < -0.4 is 9.64 Å². The van der Waals surface area contributed by atoms with E-state index in [2.05, 4.69) is 16.1 Å². The smallest absolute Gasteiger partial charge is 0.164 e. The number of hydrogen-bond acceptors (Lipinski definition) is 7. The molecular formula is C21H20N6OS. The summed E-state index contributed by atoms with van der Waals surface area (Å²) >= 11 is 1.62. The molecule has 0 radical (unpaired) electrons. The Bertz CT molecular complexity index is 1140. The highest BCUT2D eigenvalue weighted by atomic mass is 32.1. The van der Waals surface area contributed by atoms with Crippen LogP contribution in [0.2, 0.25) is 0 Å². The quantitative estimate of drug-likeness (QED) is 0.464. The van der Waals surface area contributed by atoms with Gasteiger partial charge in [-0.15, -0.1) is 0 Å². The fraction of sp³-hybridized carbons (Fsp3) is 0.238. The molecule has 7 nitrogen and oxygen atoms in total. The van der Waals surface area contributed by atoms with Crippen LogP contribution in [-0.4, -0.2) is 39.9 Å². The topological polar surface area (TPSA) is 79.9 Å². The van der Waals surface area contributed by atoms with Crippen molar-refractivity contribution in [1.82, 2.24) is 19.7 Å². The lowest BCUT2D eigenvalue weighted by Gasteiger charge is -2.20. The molecule has 0 spiro atoms. The Morgan fingerprint density at radius 1 is 1.21 bits per heavy atom. The highest BCUT2D eigenvalue weighted by Gasteiger charge is 2.16. The van der Waals surface area contributed by atoms with Crippen molar-refractivity contribution in [3.8, 4) is 23.2 Å². The molecule has 0 amide bonds. The lowest BCUT2D eigenvalue weighted by molar-refractivity contribution is 0.326. The van der Waals surface area contributed by atoms with Gasteiger partial charge in [0.15, 0.2) is 11.5 Å². The first-order chi connectivity index (χ1) is 14.2. The molecule has 0 aliphatic rings. The van der Waals surface area contributed by atoms with Crippen LogP contribution in [0.1, 0.15) is 12.5 Å². The molecule has 3 aromatic heterocycles. The number of hydrogen-bond donors (Lipinski definition) is 0. The molecule has 8 heteroatoms. The highest BCUT2D eigenvalue weighted by molar-refractivity contribution is 7.08. The third-order valence-corrected chi connectivity index (χ3v) is 5.28. The van der Waals surface area contributed by atoms with Crippen LogP contribution in [0.5, 0.6) is 5.75 Å². The van der Waals surface area contributed by atoms with Crippen molar-refractivity contribution in [2.45, 2.75) is 13.5 Å². The third-order valence-electron chi connectivity index (χ3n) is 4.60. The SMILES string of the molecule is CCn1ncc2c(N(C)CCOc3ccc(C#N)cc3)nc(-c3ccsc3)nc21. The lowest BCUT2D eigenvalue weighted by Crippen LogP contribution is -2.25. The number of benzene rings is 1. The van der Waals surface area contributed by atoms with Crippen molar-refractivity contribution in [1.29, 1.82) is 5.26 Å². The average molecular weight is 404 g/mol. The van der Waals surface area contributed by atoms with Gasteiger partial charge in [-0.05, 0) is 42.6 Å². The van der Waals surface area contributed by atoms with Gasteiger partial charge in [0, 0.05) is 24.5 Å². The monoisotopic (exact) mass is 404 g/mol. The average Bonchev–Trinajstić information content (AvgIpc) is 3.43. The predicted molar refractivity (Wildman–Crippen MR) is 114 cm³/mol. The van der Waals surface area contributed by atoms with Gasteiger partial charge in [0.2, 0.25) is 0 Å². The van der Waals surface area contributed by atoms with E-state index in [1.807, 2.05) is 41.7 Å². The number of likely N-dealkylation sites (N-methyl/N-ethyl adjacent to an activating group) is 1. The normalized spacial score (nSPS) is 10.8. The van der Waals surface area contributed by atoms with Crippen molar-refractivity contribution < 1.29 is 4.74 Å². The molecule has 0 fully saturated rings. The molecule has 1 aromatic carbocycles. The van der Waals surface area contributed by atoms with E-state index in [1.165, 1.54) is 0 Å². The number of nitrogens with zero attached hydrogens (tertiary/aromatic N) is 6. The summed E-state index contributed by atoms with van der Waals surface area (Å²) < 4.78 is 7.71. The number of aromatic nitrogens is 4. The molecule has 0 saturated carbocycles. The second-order valence-electron chi connectivity index (χ2n) is 6.49. The van der Waals surface area contributed by atoms with Crippen LogP contribution in [-0.2, 0) is 6.54 Å². The van der Waals surface area contributed by atoms with Crippen molar-refractivity contribution in [2.24, 2.45) is 0 Å². The number of rotatable bonds is 7. The van der Waals surface area contributed by atoms with Crippen LogP contribution >= 0.6 is 11.3 Å². The molecule has 4 rings (SSSR count). The predicted octanol–water partition coefficient (Wildman–Crippen LogP) is 3.96. The summed E-state index contributed by atoms with van der Waals surface area (Å²) in [6.45, 7) is 3.93. The van der Waals surface area contributed by atoms with Crippen LogP contribution in [0.15, 0.2) is 47.3 Å². The van der Waals surface area contributed by atoms with Gasteiger partial charge in [0.25, 0.3) is 0 Å². The van der Waals surface area contributed by atoms with E-state index >= 15 is 0 Å². The minimum atomic E-state index is 0.490. The first kappa shape index (κ1) is 18.9. The molecule has 0 atom stereocenters. The maximum atomic E-state index is 8.88. The summed E-state index contributed by atoms with van der Waals surface area (Å²) in [6, 6.07) is 11.2. The zero-order chi connectivity index (χ0) is 20.2. The van der Waals surface area contributed by atoms with Crippen molar-refractivity contribution in [3.05, 3.63) is 52.9 Å². The minimum Gasteiger partial charge on any atom is -0.492 e. The Morgan fingerprint density at radius 3 is 2.72 bits per heavy atom. The van der Waals surface area contributed by atoms with Crippen LogP contribution in [0.4, 0.5) is 5.82 Å². The maximum Gasteiger partial charge on any atom is 0.164 e. The Balaban J connectivity index is 1.56. The Kier molecular flexibility index (Phi) is 5.40. The number of anilines is 1. The van der Waals surface area contributed by atoms with E-state index in [-0.39, 0.29) is 0 Å². The molecule has 0 N–H and O–H groups in total. The van der Waals surface area contributed by atoms with Crippen LogP contribution in [0.3, 0.4) is 0 Å². The summed E-state index contributed by atoms with van der Waals surface area (Å²) in [5.41, 5.74) is 2.45. The first-order valence-corrected chi connectivity index (χ1v) is 10.2. The van der Waals surface area contributed by atoms with Gasteiger partial charge in [-0.1, -0.05) is 0 Å². The van der Waals surface area contributed by atoms with Gasteiger partial charge in [-0.2, -0.15) is 21.7 Å². The van der Waals surface area contributed by atoms with Gasteiger partial charge >= 0.3 is 0 Å². The standard InChI is InChI=1S/C21H20N6OS/c1-3-27-21-18(13-23-27)20(24-19(25-21)16-8-11-29-14-16)26(2)9-10-28-17-6-4-15(12-22)5-7-17/h4-8,11,13-14H,3,9-10H2,1-2H3. The Hall–Kier alpha value is -3.44. The fourth-order valence-corrected chi connectivity index (χ4v) is 3.65. The number of thiophene rings is 1. The fourth-order valence-electron chi connectivity index (χ4n) is 3.02. The summed E-state index contributed by atoms with van der Waals surface area (Å²) in [6.07, 6.45) is 1.82. The second-order valence-corrected chi connectivity index (χ2v) is 7.27. The zero-order valence-corrected chi connectivity index (χ0v) is 17.1. The van der Waals surface area contributed by atoms with Crippen LogP contribution in [0.25, 0.3) is 22.4 Å². The minimum absolute atomic E-state index is 0.490. The number of aryl methyl sites for hydroxylation is 1. The number of ether oxygens (including phenoxy) is 1. The molecule has 0 bridgehead atoms. The zero-order valence-electron chi connectivity index (χ0n) is 16.2. The Labute approximate surface area is 172 Å². The first-order valence-electron chi connectivity index (χ1n) is 9.30. The van der Waals surface area contributed by atoms with Gasteiger partial charge in [0.05, 0.1) is 29.8 Å². The van der Waals surface area contributed by atoms with Gasteiger partial charge < -0.3 is 9.64 Å². The molecule has 0 unspecified atom stereocenters. The molecule has 0 aliphatic heterocycles. The van der Waals surface area contributed by atoms with Crippen molar-refractivity contribution in [2.75, 3.05) is 25.1 Å². The van der Waals surface area contributed by atoms with E-state index in [1.54, 1.807) is 35.6 Å². The van der Waals surface area contributed by atoms with E-state index in [0.717, 1.165) is 34.7 Å². The highest BCUT2D eigenvalue weighted by Crippen LogP contribution is 2.28. The van der Waals surface area contributed by atoms with E-state index in [0.29, 0.717) is 24.5 Å². The van der Waals surface area contributed by atoms with Gasteiger partial charge in [0.1, 0.15) is 18.2 Å². The lowest BCUT2D eigenvalue weighted by atomic mass is 10.2. The summed E-state index contributed by atoms with van der Waals surface area (Å²) in [5.74, 6) is 2.27. The van der Waals surface area contributed by atoms with Gasteiger partial charge in [-0.3, -0.25) is 0 Å². The Morgan fingerprint density at radius 2 is 2.03 bits per heavy atom. The molecule has 146 valence electrons. The molecule has 3 heterocycles. The number of fused-ring (bicyclic) bond motifs is 1. The van der Waals surface area contributed by atoms with E-state index < -0.39 is 0 Å². The second kappa shape index (κ2) is 8.29. The summed E-state index contributed by atoms with van der Waals surface area (Å²) in [5, 5.41) is 18.3.